The lowest BCUT2D eigenvalue weighted by atomic mass is 9.92. The first kappa shape index (κ1) is 14.1. The second kappa shape index (κ2) is 4.99. The van der Waals surface area contributed by atoms with Gasteiger partial charge in [-0.05, 0) is 18.2 Å². The monoisotopic (exact) mass is 295 g/mol. The summed E-state index contributed by atoms with van der Waals surface area (Å²) in [7, 11) is 0. The van der Waals surface area contributed by atoms with Crippen molar-refractivity contribution in [3.05, 3.63) is 40.0 Å². The number of halogens is 2. The zero-order chi connectivity index (χ0) is 14.2. The van der Waals surface area contributed by atoms with Crippen molar-refractivity contribution in [2.24, 2.45) is 0 Å². The van der Waals surface area contributed by atoms with Crippen molar-refractivity contribution in [1.82, 2.24) is 9.97 Å². The molecule has 0 radical (unpaired) electrons. The number of nitrogens with zero attached hydrogens (tertiary/aromatic N) is 2. The van der Waals surface area contributed by atoms with E-state index in [2.05, 4.69) is 30.7 Å². The summed E-state index contributed by atoms with van der Waals surface area (Å²) < 4.78 is 0. The third kappa shape index (κ3) is 3.17. The Labute approximate surface area is 122 Å². The lowest BCUT2D eigenvalue weighted by Crippen LogP contribution is -2.15. The number of nitrogens with two attached hydrogens (primary N) is 1. The van der Waals surface area contributed by atoms with Crippen LogP contribution in [0, 0.1) is 0 Å². The number of hydrogen-bond donors (Lipinski definition) is 1. The highest BCUT2D eigenvalue weighted by molar-refractivity contribution is 6.36. The molecule has 2 rings (SSSR count). The Morgan fingerprint density at radius 2 is 1.74 bits per heavy atom. The summed E-state index contributed by atoms with van der Waals surface area (Å²) in [5, 5.41) is 1.09. The molecule has 0 aliphatic rings. The Bertz CT molecular complexity index is 619. The van der Waals surface area contributed by atoms with Crippen LogP contribution in [0.2, 0.25) is 10.0 Å². The van der Waals surface area contributed by atoms with Crippen molar-refractivity contribution in [1.29, 1.82) is 0 Å². The SMILES string of the molecule is CC(C)(C)c1cc(N)nc(-c2ccc(Cl)cc2Cl)n1. The van der Waals surface area contributed by atoms with Gasteiger partial charge >= 0.3 is 0 Å². The molecule has 100 valence electrons. The molecule has 2 N–H and O–H groups in total. The normalized spacial score (nSPS) is 11.6. The summed E-state index contributed by atoms with van der Waals surface area (Å²) >= 11 is 12.1. The van der Waals surface area contributed by atoms with Crippen molar-refractivity contribution in [3.8, 4) is 11.4 Å². The van der Waals surface area contributed by atoms with Crippen LogP contribution in [0.3, 0.4) is 0 Å². The standard InChI is InChI=1S/C14H15Cl2N3/c1-14(2,3)11-7-12(17)19-13(18-11)9-5-4-8(15)6-10(9)16/h4-7H,1-3H3,(H2,17,18,19). The molecule has 1 heterocycles. The predicted molar refractivity (Wildman–Crippen MR) is 80.6 cm³/mol. The fourth-order valence-electron chi connectivity index (χ4n) is 1.64. The van der Waals surface area contributed by atoms with E-state index in [0.717, 1.165) is 11.3 Å². The maximum absolute atomic E-state index is 6.18. The molecule has 0 aliphatic heterocycles. The minimum Gasteiger partial charge on any atom is -0.384 e. The van der Waals surface area contributed by atoms with Gasteiger partial charge in [-0.1, -0.05) is 44.0 Å². The van der Waals surface area contributed by atoms with E-state index in [1.54, 1.807) is 24.3 Å². The average Bonchev–Trinajstić information content (AvgIpc) is 2.26. The maximum atomic E-state index is 6.18. The molecule has 19 heavy (non-hydrogen) atoms. The molecule has 0 fully saturated rings. The van der Waals surface area contributed by atoms with Crippen LogP contribution >= 0.6 is 23.2 Å². The Balaban J connectivity index is 2.59. The van der Waals surface area contributed by atoms with Crippen LogP contribution in [0.5, 0.6) is 0 Å². The van der Waals surface area contributed by atoms with E-state index >= 15 is 0 Å². The Kier molecular flexibility index (Phi) is 3.70. The van der Waals surface area contributed by atoms with Gasteiger partial charge in [0.15, 0.2) is 5.82 Å². The van der Waals surface area contributed by atoms with Crippen LogP contribution in [0.15, 0.2) is 24.3 Å². The molecular weight excluding hydrogens is 281 g/mol. The third-order valence-electron chi connectivity index (χ3n) is 2.69. The van der Waals surface area contributed by atoms with E-state index in [0.29, 0.717) is 21.7 Å². The van der Waals surface area contributed by atoms with Crippen LogP contribution in [-0.2, 0) is 5.41 Å². The van der Waals surface area contributed by atoms with Gasteiger partial charge in [-0.25, -0.2) is 9.97 Å². The van der Waals surface area contributed by atoms with Crippen LogP contribution in [0.1, 0.15) is 26.5 Å². The van der Waals surface area contributed by atoms with E-state index < -0.39 is 0 Å². The molecule has 0 saturated carbocycles. The van der Waals surface area contributed by atoms with Gasteiger partial charge in [0.25, 0.3) is 0 Å². The topological polar surface area (TPSA) is 51.8 Å². The predicted octanol–water partition coefficient (Wildman–Crippen LogP) is 4.33. The average molecular weight is 296 g/mol. The fraction of sp³-hybridized carbons (Fsp3) is 0.286. The number of aromatic nitrogens is 2. The summed E-state index contributed by atoms with van der Waals surface area (Å²) in [6, 6.07) is 7.01. The van der Waals surface area contributed by atoms with Crippen LogP contribution < -0.4 is 5.73 Å². The molecule has 0 atom stereocenters. The van der Waals surface area contributed by atoms with Gasteiger partial charge in [-0.2, -0.15) is 0 Å². The van der Waals surface area contributed by atoms with Gasteiger partial charge in [0, 0.05) is 22.1 Å². The highest BCUT2D eigenvalue weighted by atomic mass is 35.5. The largest absolute Gasteiger partial charge is 0.384 e. The van der Waals surface area contributed by atoms with Gasteiger partial charge in [0.05, 0.1) is 10.7 Å². The molecule has 0 spiro atoms. The van der Waals surface area contributed by atoms with Gasteiger partial charge in [-0.3, -0.25) is 0 Å². The molecule has 0 aliphatic carbocycles. The third-order valence-corrected chi connectivity index (χ3v) is 3.23. The van der Waals surface area contributed by atoms with Gasteiger partial charge in [0.2, 0.25) is 0 Å². The highest BCUT2D eigenvalue weighted by Crippen LogP contribution is 2.30. The van der Waals surface area contributed by atoms with Crippen molar-refractivity contribution >= 4 is 29.0 Å². The second-order valence-electron chi connectivity index (χ2n) is 5.38. The quantitative estimate of drug-likeness (QED) is 0.852. The maximum Gasteiger partial charge on any atom is 0.163 e. The zero-order valence-corrected chi connectivity index (χ0v) is 12.5. The van der Waals surface area contributed by atoms with Gasteiger partial charge in [0.1, 0.15) is 5.82 Å². The highest BCUT2D eigenvalue weighted by Gasteiger charge is 2.18. The molecule has 0 unspecified atom stereocenters. The molecule has 1 aromatic carbocycles. The molecule has 0 amide bonds. The smallest absolute Gasteiger partial charge is 0.163 e. The van der Waals surface area contributed by atoms with E-state index in [4.69, 9.17) is 28.9 Å². The first-order chi connectivity index (χ1) is 8.77. The number of nitrogen functional groups attached to an aromatic ring is 1. The van der Waals surface area contributed by atoms with Crippen LogP contribution in [0.4, 0.5) is 5.82 Å². The second-order valence-corrected chi connectivity index (χ2v) is 6.22. The van der Waals surface area contributed by atoms with E-state index in [1.165, 1.54) is 0 Å². The Hall–Kier alpha value is -1.32. The number of hydrogen-bond acceptors (Lipinski definition) is 3. The molecule has 0 saturated heterocycles. The summed E-state index contributed by atoms with van der Waals surface area (Å²) in [6.45, 7) is 6.21. The number of anilines is 1. The molecule has 1 aromatic heterocycles. The first-order valence-corrected chi connectivity index (χ1v) is 6.63. The zero-order valence-electron chi connectivity index (χ0n) is 11.0. The van der Waals surface area contributed by atoms with E-state index in [-0.39, 0.29) is 5.41 Å². The molecule has 5 heteroatoms. The summed E-state index contributed by atoms with van der Waals surface area (Å²) in [6.07, 6.45) is 0. The summed E-state index contributed by atoms with van der Waals surface area (Å²) in [4.78, 5) is 8.79. The molecule has 0 bridgehead atoms. The van der Waals surface area contributed by atoms with Crippen LogP contribution in [0.25, 0.3) is 11.4 Å². The molecule has 2 aromatic rings. The van der Waals surface area contributed by atoms with Gasteiger partial charge in [-0.15, -0.1) is 0 Å². The minimum absolute atomic E-state index is 0.106. The summed E-state index contributed by atoms with van der Waals surface area (Å²) in [5.41, 5.74) is 7.35. The number of rotatable bonds is 1. The first-order valence-electron chi connectivity index (χ1n) is 5.88. The van der Waals surface area contributed by atoms with Crippen molar-refractivity contribution in [2.45, 2.75) is 26.2 Å². The van der Waals surface area contributed by atoms with Crippen LogP contribution in [-0.4, -0.2) is 9.97 Å². The molecular formula is C14H15Cl2N3. The van der Waals surface area contributed by atoms with E-state index in [9.17, 15) is 0 Å². The van der Waals surface area contributed by atoms with Gasteiger partial charge < -0.3 is 5.73 Å². The minimum atomic E-state index is -0.106. The number of benzene rings is 1. The van der Waals surface area contributed by atoms with E-state index in [1.807, 2.05) is 0 Å². The van der Waals surface area contributed by atoms with Crippen molar-refractivity contribution in [3.63, 3.8) is 0 Å². The fourth-order valence-corrected chi connectivity index (χ4v) is 2.13. The molecule has 3 nitrogen and oxygen atoms in total. The Morgan fingerprint density at radius 3 is 2.32 bits per heavy atom. The lowest BCUT2D eigenvalue weighted by Gasteiger charge is -2.19. The van der Waals surface area contributed by atoms with Crippen molar-refractivity contribution in [2.75, 3.05) is 5.73 Å². The Morgan fingerprint density at radius 1 is 1.05 bits per heavy atom. The summed E-state index contributed by atoms with van der Waals surface area (Å²) in [5.74, 6) is 0.951. The van der Waals surface area contributed by atoms with Crippen molar-refractivity contribution < 1.29 is 0 Å². The lowest BCUT2D eigenvalue weighted by molar-refractivity contribution is 0.568.